The van der Waals surface area contributed by atoms with Crippen LogP contribution in [0.25, 0.3) is 6.08 Å². The highest BCUT2D eigenvalue weighted by atomic mass is 32.2. The van der Waals surface area contributed by atoms with E-state index in [9.17, 15) is 13.2 Å². The molecule has 0 aromatic heterocycles. The summed E-state index contributed by atoms with van der Waals surface area (Å²) in [6, 6.07) is 5.99. The lowest BCUT2D eigenvalue weighted by atomic mass is 10.2. The number of hydrogen-bond acceptors (Lipinski definition) is 4. The first-order valence-corrected chi connectivity index (χ1v) is 7.16. The second-order valence-electron chi connectivity index (χ2n) is 4.98. The van der Waals surface area contributed by atoms with Crippen LogP contribution in [0.2, 0.25) is 0 Å². The molecule has 5 nitrogen and oxygen atoms in total. The Morgan fingerprint density at radius 2 is 1.95 bits per heavy atom. The maximum Gasteiger partial charge on any atom is 0.331 e. The number of carbonyl (C=O) groups is 1. The minimum atomic E-state index is -3.74. The first-order valence-electron chi connectivity index (χ1n) is 5.62. The summed E-state index contributed by atoms with van der Waals surface area (Å²) in [7, 11) is -3.74. The van der Waals surface area contributed by atoms with E-state index in [-0.39, 0.29) is 4.90 Å². The quantitative estimate of drug-likeness (QED) is 0.675. The Balaban J connectivity index is 2.86. The zero-order valence-corrected chi connectivity index (χ0v) is 11.9. The van der Waals surface area contributed by atoms with Crippen LogP contribution in [0.15, 0.2) is 35.2 Å². The molecule has 19 heavy (non-hydrogen) atoms. The Morgan fingerprint density at radius 1 is 1.32 bits per heavy atom. The van der Waals surface area contributed by atoms with Crippen molar-refractivity contribution in [3.63, 3.8) is 0 Å². The third-order valence-corrected chi connectivity index (χ3v) is 2.92. The fourth-order valence-corrected chi connectivity index (χ4v) is 1.86. The Kier molecular flexibility index (Phi) is 4.49. The van der Waals surface area contributed by atoms with E-state index in [4.69, 9.17) is 9.88 Å². The van der Waals surface area contributed by atoms with Gasteiger partial charge in [-0.3, -0.25) is 0 Å². The zero-order valence-electron chi connectivity index (χ0n) is 11.1. The lowest BCUT2D eigenvalue weighted by molar-refractivity contribution is -0.148. The van der Waals surface area contributed by atoms with Gasteiger partial charge in [0.25, 0.3) is 0 Å². The van der Waals surface area contributed by atoms with Gasteiger partial charge in [0, 0.05) is 6.08 Å². The maximum atomic E-state index is 11.5. The summed E-state index contributed by atoms with van der Waals surface area (Å²) >= 11 is 0. The van der Waals surface area contributed by atoms with E-state index in [1.54, 1.807) is 32.9 Å². The van der Waals surface area contributed by atoms with Crippen LogP contribution in [0.3, 0.4) is 0 Å². The van der Waals surface area contributed by atoms with Crippen molar-refractivity contribution in [2.75, 3.05) is 0 Å². The smallest absolute Gasteiger partial charge is 0.331 e. The van der Waals surface area contributed by atoms with Crippen LogP contribution in [-0.2, 0) is 19.6 Å². The maximum absolute atomic E-state index is 11.5. The topological polar surface area (TPSA) is 86.5 Å². The molecule has 1 rings (SSSR count). The number of primary sulfonamides is 1. The predicted molar refractivity (Wildman–Crippen MR) is 72.7 cm³/mol. The molecule has 0 aliphatic rings. The van der Waals surface area contributed by atoms with E-state index in [0.29, 0.717) is 5.56 Å². The minimum absolute atomic E-state index is 0.00108. The van der Waals surface area contributed by atoms with Gasteiger partial charge < -0.3 is 4.74 Å². The summed E-state index contributed by atoms with van der Waals surface area (Å²) < 4.78 is 27.4. The summed E-state index contributed by atoms with van der Waals surface area (Å²) in [6.45, 7) is 5.29. The highest BCUT2D eigenvalue weighted by molar-refractivity contribution is 7.89. The molecule has 0 saturated carbocycles. The molecular formula is C13H17NO4S. The molecule has 1 aromatic rings. The number of carbonyl (C=O) groups excluding carboxylic acids is 1. The SMILES string of the molecule is CC(C)(C)OC(=O)C=Cc1cccc(S(N)(=O)=O)c1. The molecule has 0 fully saturated rings. The third-order valence-electron chi connectivity index (χ3n) is 2.01. The van der Waals surface area contributed by atoms with Gasteiger partial charge in [-0.25, -0.2) is 18.4 Å². The molecule has 0 bridgehead atoms. The van der Waals surface area contributed by atoms with Gasteiger partial charge in [-0.05, 0) is 44.5 Å². The Hall–Kier alpha value is -1.66. The Bertz CT molecular complexity index is 597. The van der Waals surface area contributed by atoms with Crippen LogP contribution >= 0.6 is 0 Å². The third kappa shape index (κ3) is 5.67. The first-order chi connectivity index (χ1) is 8.58. The minimum Gasteiger partial charge on any atom is -0.457 e. The van der Waals surface area contributed by atoms with Crippen molar-refractivity contribution in [2.45, 2.75) is 31.3 Å². The normalized spacial score (nSPS) is 12.6. The fourth-order valence-electron chi connectivity index (χ4n) is 1.30. The lowest BCUT2D eigenvalue weighted by Gasteiger charge is -2.17. The van der Waals surface area contributed by atoms with E-state index in [1.807, 2.05) is 0 Å². The number of esters is 1. The molecule has 0 spiro atoms. The van der Waals surface area contributed by atoms with Crippen molar-refractivity contribution in [3.05, 3.63) is 35.9 Å². The van der Waals surface area contributed by atoms with Crippen LogP contribution in [0.1, 0.15) is 26.3 Å². The summed E-state index contributed by atoms with van der Waals surface area (Å²) in [5, 5.41) is 5.02. The highest BCUT2D eigenvalue weighted by Gasteiger charge is 2.14. The van der Waals surface area contributed by atoms with Crippen LogP contribution in [-0.4, -0.2) is 20.0 Å². The zero-order chi connectivity index (χ0) is 14.7. The van der Waals surface area contributed by atoms with E-state index in [2.05, 4.69) is 0 Å². The highest BCUT2D eigenvalue weighted by Crippen LogP contribution is 2.12. The number of ether oxygens (including phenoxy) is 1. The number of nitrogens with two attached hydrogens (primary N) is 1. The van der Waals surface area contributed by atoms with Crippen LogP contribution in [0, 0.1) is 0 Å². The van der Waals surface area contributed by atoms with E-state index >= 15 is 0 Å². The van der Waals surface area contributed by atoms with Crippen molar-refractivity contribution >= 4 is 22.1 Å². The van der Waals surface area contributed by atoms with Crippen LogP contribution in [0.5, 0.6) is 0 Å². The average molecular weight is 283 g/mol. The van der Waals surface area contributed by atoms with Crippen LogP contribution < -0.4 is 5.14 Å². The Morgan fingerprint density at radius 3 is 2.47 bits per heavy atom. The van der Waals surface area contributed by atoms with Gasteiger partial charge in [-0.15, -0.1) is 0 Å². The largest absolute Gasteiger partial charge is 0.457 e. The number of rotatable bonds is 3. The molecule has 0 saturated heterocycles. The van der Waals surface area contributed by atoms with Crippen molar-refractivity contribution in [1.29, 1.82) is 0 Å². The molecule has 0 aliphatic carbocycles. The molecule has 0 radical (unpaired) electrons. The first kappa shape index (κ1) is 15.4. The summed E-state index contributed by atoms with van der Waals surface area (Å²) in [5.41, 5.74) is -0.0125. The van der Waals surface area contributed by atoms with Gasteiger partial charge in [-0.2, -0.15) is 0 Å². The van der Waals surface area contributed by atoms with Gasteiger partial charge in [0.2, 0.25) is 10.0 Å². The summed E-state index contributed by atoms with van der Waals surface area (Å²) in [6.07, 6.45) is 2.72. The van der Waals surface area contributed by atoms with Gasteiger partial charge in [0.15, 0.2) is 0 Å². The fraction of sp³-hybridized carbons (Fsp3) is 0.308. The van der Waals surface area contributed by atoms with Crippen molar-refractivity contribution in [3.8, 4) is 0 Å². The van der Waals surface area contributed by atoms with Gasteiger partial charge in [0.1, 0.15) is 5.60 Å². The van der Waals surface area contributed by atoms with Crippen LogP contribution in [0.4, 0.5) is 0 Å². The number of sulfonamides is 1. The monoisotopic (exact) mass is 283 g/mol. The second-order valence-corrected chi connectivity index (χ2v) is 6.55. The average Bonchev–Trinajstić information content (AvgIpc) is 2.23. The van der Waals surface area contributed by atoms with Crippen molar-refractivity contribution in [2.24, 2.45) is 5.14 Å². The van der Waals surface area contributed by atoms with Gasteiger partial charge in [0.05, 0.1) is 4.90 Å². The molecule has 104 valence electrons. The van der Waals surface area contributed by atoms with Crippen molar-refractivity contribution in [1.82, 2.24) is 0 Å². The molecule has 6 heteroatoms. The number of benzene rings is 1. The number of hydrogen-bond donors (Lipinski definition) is 1. The van der Waals surface area contributed by atoms with E-state index < -0.39 is 21.6 Å². The van der Waals surface area contributed by atoms with E-state index in [0.717, 1.165) is 0 Å². The molecular weight excluding hydrogens is 266 g/mol. The molecule has 0 amide bonds. The van der Waals surface area contributed by atoms with Gasteiger partial charge in [-0.1, -0.05) is 12.1 Å². The second kappa shape index (κ2) is 5.54. The molecule has 0 unspecified atom stereocenters. The van der Waals surface area contributed by atoms with Crippen molar-refractivity contribution < 1.29 is 17.9 Å². The standard InChI is InChI=1S/C13H17NO4S/c1-13(2,3)18-12(15)8-7-10-5-4-6-11(9-10)19(14,16)17/h4-9H,1-3H3,(H2,14,16,17). The molecule has 0 heterocycles. The molecule has 1 aromatic carbocycles. The lowest BCUT2D eigenvalue weighted by Crippen LogP contribution is -2.22. The molecule has 0 aliphatic heterocycles. The summed E-state index contributed by atoms with van der Waals surface area (Å²) in [4.78, 5) is 11.5. The predicted octanol–water partition coefficient (Wildman–Crippen LogP) is 1.69. The molecule has 0 atom stereocenters. The van der Waals surface area contributed by atoms with Gasteiger partial charge >= 0.3 is 5.97 Å². The molecule has 2 N–H and O–H groups in total. The van der Waals surface area contributed by atoms with E-state index in [1.165, 1.54) is 24.3 Å². The Labute approximate surface area is 113 Å². The summed E-state index contributed by atoms with van der Waals surface area (Å²) in [5.74, 6) is -0.492.